The molecule has 1 aromatic carbocycles. The van der Waals surface area contributed by atoms with Crippen molar-refractivity contribution in [3.63, 3.8) is 0 Å². The third kappa shape index (κ3) is 4.69. The zero-order valence-electron chi connectivity index (χ0n) is 19.3. The maximum Gasteiger partial charge on any atom is 0.135 e. The molecule has 1 aromatic heterocycles. The molecule has 5 rings (SSSR count). The van der Waals surface area contributed by atoms with E-state index in [9.17, 15) is 14.3 Å². The monoisotopic (exact) mass is 487 g/mol. The van der Waals surface area contributed by atoms with Gasteiger partial charge < -0.3 is 20.1 Å². The lowest BCUT2D eigenvalue weighted by Gasteiger charge is -2.42. The van der Waals surface area contributed by atoms with Gasteiger partial charge in [0.15, 0.2) is 0 Å². The summed E-state index contributed by atoms with van der Waals surface area (Å²) in [4.78, 5) is 25.6. The van der Waals surface area contributed by atoms with Crippen molar-refractivity contribution in [1.29, 1.82) is 0 Å². The van der Waals surface area contributed by atoms with Crippen molar-refractivity contribution in [1.82, 2.24) is 20.2 Å². The molecule has 2 aliphatic carbocycles. The summed E-state index contributed by atoms with van der Waals surface area (Å²) < 4.78 is 14.8. The molecule has 2 unspecified atom stereocenters. The van der Waals surface area contributed by atoms with Crippen molar-refractivity contribution < 1.29 is 14.3 Å². The number of benzene rings is 1. The molecule has 2 heterocycles. The summed E-state index contributed by atoms with van der Waals surface area (Å²) in [6.07, 6.45) is 4.60. The molecule has 1 aliphatic heterocycles. The lowest BCUT2D eigenvalue weighted by Crippen LogP contribution is -2.57. The van der Waals surface area contributed by atoms with E-state index in [1.165, 1.54) is 25.2 Å². The van der Waals surface area contributed by atoms with E-state index in [0.717, 1.165) is 43.0 Å². The number of nitrogens with zero attached hydrogens (tertiary/aromatic N) is 4. The maximum atomic E-state index is 14.8. The van der Waals surface area contributed by atoms with E-state index < -0.39 is 17.8 Å². The van der Waals surface area contributed by atoms with Crippen molar-refractivity contribution in [3.05, 3.63) is 52.2 Å². The number of nitrogens with one attached hydrogen (secondary N) is 1. The predicted octanol–water partition coefficient (Wildman–Crippen LogP) is 3.24. The normalized spacial score (nSPS) is 24.6. The number of carbonyl (C=O) groups is 1. The van der Waals surface area contributed by atoms with Gasteiger partial charge in [0.1, 0.15) is 24.2 Å². The van der Waals surface area contributed by atoms with Gasteiger partial charge in [0.05, 0.1) is 23.9 Å². The van der Waals surface area contributed by atoms with Crippen LogP contribution in [0.15, 0.2) is 24.5 Å². The van der Waals surface area contributed by atoms with Crippen molar-refractivity contribution in [3.8, 4) is 0 Å². The van der Waals surface area contributed by atoms with Gasteiger partial charge in [-0.25, -0.2) is 14.4 Å². The maximum absolute atomic E-state index is 14.8. The molecule has 0 radical (unpaired) electrons. The van der Waals surface area contributed by atoms with Gasteiger partial charge in [-0.15, -0.1) is 0 Å². The second-order valence-corrected chi connectivity index (χ2v) is 10.2. The Morgan fingerprint density at radius 1 is 1.26 bits per heavy atom. The second kappa shape index (κ2) is 9.85. The van der Waals surface area contributed by atoms with E-state index in [2.05, 4.69) is 32.0 Å². The predicted molar refractivity (Wildman–Crippen MR) is 129 cm³/mol. The molecule has 34 heavy (non-hydrogen) atoms. The molecule has 7 nitrogen and oxygen atoms in total. The Labute approximate surface area is 204 Å². The van der Waals surface area contributed by atoms with E-state index in [0.29, 0.717) is 36.0 Å². The third-order valence-corrected chi connectivity index (χ3v) is 7.64. The number of rotatable bonds is 8. The van der Waals surface area contributed by atoms with Crippen LogP contribution >= 0.6 is 11.6 Å². The van der Waals surface area contributed by atoms with E-state index in [-0.39, 0.29) is 12.1 Å². The highest BCUT2D eigenvalue weighted by Crippen LogP contribution is 2.43. The molecule has 0 spiro atoms. The Bertz CT molecular complexity index is 1040. The number of hydrogen-bond acceptors (Lipinski definition) is 7. The van der Waals surface area contributed by atoms with Crippen LogP contribution in [-0.2, 0) is 4.79 Å². The summed E-state index contributed by atoms with van der Waals surface area (Å²) in [7, 11) is 0. The van der Waals surface area contributed by atoms with Crippen molar-refractivity contribution >= 4 is 23.7 Å². The molecule has 4 atom stereocenters. The van der Waals surface area contributed by atoms with Crippen LogP contribution in [0.25, 0.3) is 0 Å². The Morgan fingerprint density at radius 3 is 2.71 bits per heavy atom. The number of anilines is 1. The number of halogens is 2. The first-order valence-corrected chi connectivity index (χ1v) is 12.5. The van der Waals surface area contributed by atoms with E-state index in [1.807, 2.05) is 0 Å². The van der Waals surface area contributed by atoms with Gasteiger partial charge in [0.2, 0.25) is 0 Å². The van der Waals surface area contributed by atoms with Gasteiger partial charge >= 0.3 is 0 Å². The molecule has 3 aliphatic rings. The average molecular weight is 488 g/mol. The van der Waals surface area contributed by atoms with E-state index >= 15 is 0 Å². The van der Waals surface area contributed by atoms with Gasteiger partial charge in [-0.3, -0.25) is 4.90 Å². The fraction of sp³-hybridized carbons (Fsp3) is 0.560. The number of fused-ring (bicyclic) bond motifs is 1. The van der Waals surface area contributed by atoms with Gasteiger partial charge in [-0.2, -0.15) is 0 Å². The smallest absolute Gasteiger partial charge is 0.135 e. The topological polar surface area (TPSA) is 81.6 Å². The number of piperazine rings is 1. The quantitative estimate of drug-likeness (QED) is 0.553. The molecular weight excluding hydrogens is 457 g/mol. The summed E-state index contributed by atoms with van der Waals surface area (Å²) in [5, 5.41) is 14.2. The Hall–Kier alpha value is -2.13. The van der Waals surface area contributed by atoms with Crippen LogP contribution in [0, 0.1) is 11.7 Å². The number of aldehydes is 1. The van der Waals surface area contributed by atoms with Gasteiger partial charge in [0, 0.05) is 42.3 Å². The summed E-state index contributed by atoms with van der Waals surface area (Å²) >= 11 is 5.95. The Balaban J connectivity index is 1.35. The first-order chi connectivity index (χ1) is 16.5. The minimum Gasteiger partial charge on any atom is -0.387 e. The fourth-order valence-electron chi connectivity index (χ4n) is 5.35. The summed E-state index contributed by atoms with van der Waals surface area (Å²) in [5.41, 5.74) is 2.15. The van der Waals surface area contributed by atoms with Crippen LogP contribution in [-0.4, -0.2) is 65.2 Å². The minimum absolute atomic E-state index is 0.208. The van der Waals surface area contributed by atoms with Gasteiger partial charge in [-0.05, 0) is 49.8 Å². The molecular formula is C25H31ClFN5O2. The van der Waals surface area contributed by atoms with Crippen LogP contribution in [0.5, 0.6) is 0 Å². The van der Waals surface area contributed by atoms with Gasteiger partial charge in [-0.1, -0.05) is 24.6 Å². The molecule has 1 saturated carbocycles. The fourth-order valence-corrected chi connectivity index (χ4v) is 5.51. The van der Waals surface area contributed by atoms with Crippen LogP contribution < -0.4 is 10.2 Å². The molecule has 9 heteroatoms. The molecule has 182 valence electrons. The lowest BCUT2D eigenvalue weighted by molar-refractivity contribution is -0.111. The molecule has 0 bridgehead atoms. The molecule has 1 saturated heterocycles. The van der Waals surface area contributed by atoms with Crippen molar-refractivity contribution in [2.75, 3.05) is 37.6 Å². The standard InChI is InChI=1S/C25H31ClFN5O2/c1-15-10-21(34)23-22(15)25(30-14-29-23)32-8-6-31(7-9-32)24(28-12-16-2-3-16)19(13-33)18-5-4-17(26)11-20(18)27/h4-5,11,13-16,19,21,24,28,34H,2-3,6-10,12H2,1H3/t15-,19?,21-,24?/m1/s1. The number of aliphatic hydroxyl groups excluding tert-OH is 1. The first kappa shape index (κ1) is 23.6. The third-order valence-electron chi connectivity index (χ3n) is 7.41. The van der Waals surface area contributed by atoms with Crippen molar-refractivity contribution in [2.45, 2.75) is 50.3 Å². The highest BCUT2D eigenvalue weighted by molar-refractivity contribution is 6.30. The van der Waals surface area contributed by atoms with Gasteiger partial charge in [0.25, 0.3) is 0 Å². The zero-order chi connectivity index (χ0) is 23.8. The first-order valence-electron chi connectivity index (χ1n) is 12.1. The summed E-state index contributed by atoms with van der Waals surface area (Å²) in [5.74, 6) is 0.639. The van der Waals surface area contributed by atoms with Crippen LogP contribution in [0.2, 0.25) is 5.02 Å². The molecule has 0 amide bonds. The largest absolute Gasteiger partial charge is 0.387 e. The average Bonchev–Trinajstić information content (AvgIpc) is 3.61. The second-order valence-electron chi connectivity index (χ2n) is 9.80. The number of hydrogen-bond donors (Lipinski definition) is 2. The highest BCUT2D eigenvalue weighted by atomic mass is 35.5. The minimum atomic E-state index is -0.638. The van der Waals surface area contributed by atoms with Crippen LogP contribution in [0.3, 0.4) is 0 Å². The Morgan fingerprint density at radius 2 is 2.03 bits per heavy atom. The number of aliphatic hydroxyl groups is 1. The zero-order valence-corrected chi connectivity index (χ0v) is 20.1. The summed E-state index contributed by atoms with van der Waals surface area (Å²) in [6.45, 7) is 5.78. The van der Waals surface area contributed by atoms with E-state index in [4.69, 9.17) is 11.6 Å². The van der Waals surface area contributed by atoms with Crippen LogP contribution in [0.1, 0.15) is 60.9 Å². The van der Waals surface area contributed by atoms with Crippen LogP contribution in [0.4, 0.5) is 10.2 Å². The Kier molecular flexibility index (Phi) is 6.84. The molecule has 2 N–H and O–H groups in total. The number of carbonyl (C=O) groups excluding carboxylic acids is 1. The lowest BCUT2D eigenvalue weighted by atomic mass is 9.95. The molecule has 2 fully saturated rings. The SMILES string of the molecule is C[C@@H]1C[C@@H](O)c2ncnc(N3CCN(C(NCC4CC4)C(C=O)c4ccc(Cl)cc4F)CC3)c21. The molecule has 2 aromatic rings. The van der Waals surface area contributed by atoms with Crippen molar-refractivity contribution in [2.24, 2.45) is 5.92 Å². The highest BCUT2D eigenvalue weighted by Gasteiger charge is 2.37. The summed E-state index contributed by atoms with van der Waals surface area (Å²) in [6, 6.07) is 4.53. The number of aromatic nitrogens is 2. The van der Waals surface area contributed by atoms with E-state index in [1.54, 1.807) is 12.1 Å².